The predicted octanol–water partition coefficient (Wildman–Crippen LogP) is 5.26. The van der Waals surface area contributed by atoms with Crippen molar-refractivity contribution in [2.45, 2.75) is 12.8 Å². The summed E-state index contributed by atoms with van der Waals surface area (Å²) in [6.07, 6.45) is 4.76. The number of H-pyrrole nitrogens is 1. The molecule has 0 spiro atoms. The predicted molar refractivity (Wildman–Crippen MR) is 118 cm³/mol. The molecule has 0 atom stereocenters. The molecule has 1 aliphatic carbocycles. The van der Waals surface area contributed by atoms with Crippen molar-refractivity contribution in [1.82, 2.24) is 10.2 Å². The lowest BCUT2D eigenvalue weighted by Crippen LogP contribution is -2.06. The Morgan fingerprint density at radius 1 is 1.00 bits per heavy atom. The maximum Gasteiger partial charge on any atom is 0.335 e. The molecule has 146 valence electrons. The van der Waals surface area contributed by atoms with Crippen LogP contribution >= 0.6 is 0 Å². The highest BCUT2D eigenvalue weighted by Gasteiger charge is 2.23. The lowest BCUT2D eigenvalue weighted by Gasteiger charge is -2.16. The van der Waals surface area contributed by atoms with Crippen LogP contribution in [0.5, 0.6) is 5.75 Å². The number of carbonyl (C=O) groups excluding carboxylic acids is 1. The minimum absolute atomic E-state index is 0.466. The monoisotopic (exact) mass is 392 g/mol. The standard InChI is InChI=1S/C26H20N2O2/c1-2-25(29)30-24-10-6-5-9-22(24)26(19-11-12-23-21(15-19)16-27-28-23)20-13-17-7-3-4-8-18(17)14-20/h2-12,15-16H,1,13-14H2,(H,27,28). The van der Waals surface area contributed by atoms with Gasteiger partial charge in [0.2, 0.25) is 0 Å². The van der Waals surface area contributed by atoms with Gasteiger partial charge in [0.15, 0.2) is 0 Å². The van der Waals surface area contributed by atoms with E-state index < -0.39 is 5.97 Å². The molecule has 0 bridgehead atoms. The number of para-hydroxylation sites is 1. The van der Waals surface area contributed by atoms with E-state index >= 15 is 0 Å². The van der Waals surface area contributed by atoms with Gasteiger partial charge in [-0.1, -0.05) is 60.7 Å². The van der Waals surface area contributed by atoms with E-state index in [1.54, 1.807) is 0 Å². The Balaban J connectivity index is 1.72. The second-order valence-electron chi connectivity index (χ2n) is 7.39. The zero-order valence-electron chi connectivity index (χ0n) is 16.4. The molecule has 0 saturated heterocycles. The highest BCUT2D eigenvalue weighted by atomic mass is 16.5. The third-order valence-corrected chi connectivity index (χ3v) is 5.54. The van der Waals surface area contributed by atoms with Crippen LogP contribution in [0.25, 0.3) is 16.5 Å². The summed E-state index contributed by atoms with van der Waals surface area (Å²) in [6.45, 7) is 3.53. The number of fused-ring (bicyclic) bond motifs is 2. The van der Waals surface area contributed by atoms with Gasteiger partial charge in [0, 0.05) is 17.0 Å². The molecule has 5 rings (SSSR count). The minimum atomic E-state index is -0.466. The van der Waals surface area contributed by atoms with Crippen LogP contribution in [0.1, 0.15) is 22.3 Å². The van der Waals surface area contributed by atoms with E-state index in [0.717, 1.165) is 40.4 Å². The molecule has 0 aliphatic heterocycles. The average Bonchev–Trinajstić information content (AvgIpc) is 3.41. The second kappa shape index (κ2) is 7.48. The number of nitrogens with one attached hydrogen (secondary N) is 1. The molecule has 1 aliphatic rings. The molecular weight excluding hydrogens is 372 g/mol. The summed E-state index contributed by atoms with van der Waals surface area (Å²) in [5.74, 6) is 0.0694. The first-order valence-electron chi connectivity index (χ1n) is 9.89. The van der Waals surface area contributed by atoms with Gasteiger partial charge in [0.1, 0.15) is 5.75 Å². The van der Waals surface area contributed by atoms with Crippen LogP contribution in [-0.2, 0) is 17.6 Å². The molecule has 0 amide bonds. The van der Waals surface area contributed by atoms with E-state index in [1.807, 2.05) is 36.5 Å². The first-order valence-corrected chi connectivity index (χ1v) is 9.89. The van der Waals surface area contributed by atoms with Crippen molar-refractivity contribution in [2.75, 3.05) is 0 Å². The largest absolute Gasteiger partial charge is 0.423 e. The number of carbonyl (C=O) groups is 1. The maximum atomic E-state index is 12.0. The van der Waals surface area contributed by atoms with Crippen LogP contribution in [0.15, 0.2) is 91.2 Å². The summed E-state index contributed by atoms with van der Waals surface area (Å²) in [5, 5.41) is 8.20. The first-order chi connectivity index (χ1) is 14.7. The van der Waals surface area contributed by atoms with Gasteiger partial charge >= 0.3 is 5.97 Å². The molecule has 1 aromatic heterocycles. The Morgan fingerprint density at radius 3 is 2.50 bits per heavy atom. The number of rotatable bonds is 4. The number of allylic oxidation sites excluding steroid dienone is 1. The molecule has 3 aromatic carbocycles. The number of benzene rings is 3. The van der Waals surface area contributed by atoms with Gasteiger partial charge in [-0.25, -0.2) is 4.79 Å². The number of hydrogen-bond acceptors (Lipinski definition) is 3. The van der Waals surface area contributed by atoms with Crippen molar-refractivity contribution >= 4 is 22.4 Å². The van der Waals surface area contributed by atoms with Crippen LogP contribution in [-0.4, -0.2) is 16.2 Å². The highest BCUT2D eigenvalue weighted by molar-refractivity contribution is 5.92. The molecule has 1 heterocycles. The zero-order chi connectivity index (χ0) is 20.5. The number of ether oxygens (including phenoxy) is 1. The number of aromatic nitrogens is 2. The van der Waals surface area contributed by atoms with Crippen LogP contribution < -0.4 is 4.74 Å². The van der Waals surface area contributed by atoms with E-state index in [9.17, 15) is 4.79 Å². The zero-order valence-corrected chi connectivity index (χ0v) is 16.4. The third-order valence-electron chi connectivity index (χ3n) is 5.54. The van der Waals surface area contributed by atoms with Crippen LogP contribution in [0.3, 0.4) is 0 Å². The topological polar surface area (TPSA) is 55.0 Å². The van der Waals surface area contributed by atoms with Crippen molar-refractivity contribution < 1.29 is 9.53 Å². The maximum absolute atomic E-state index is 12.0. The quantitative estimate of drug-likeness (QED) is 0.293. The fourth-order valence-corrected chi connectivity index (χ4v) is 4.16. The molecule has 0 unspecified atom stereocenters. The van der Waals surface area contributed by atoms with Crippen LogP contribution in [0.4, 0.5) is 0 Å². The van der Waals surface area contributed by atoms with Crippen LogP contribution in [0.2, 0.25) is 0 Å². The first kappa shape index (κ1) is 18.1. The van der Waals surface area contributed by atoms with Gasteiger partial charge in [0.25, 0.3) is 0 Å². The number of esters is 1. The lowest BCUT2D eigenvalue weighted by molar-refractivity contribution is -0.128. The van der Waals surface area contributed by atoms with E-state index in [0.29, 0.717) is 5.75 Å². The van der Waals surface area contributed by atoms with Crippen molar-refractivity contribution in [3.05, 3.63) is 113 Å². The Morgan fingerprint density at radius 2 is 1.73 bits per heavy atom. The molecular formula is C26H20N2O2. The molecule has 1 N–H and O–H groups in total. The van der Waals surface area contributed by atoms with E-state index in [-0.39, 0.29) is 0 Å². The van der Waals surface area contributed by atoms with Gasteiger partial charge in [0.05, 0.1) is 11.7 Å². The summed E-state index contributed by atoms with van der Waals surface area (Å²) < 4.78 is 5.60. The smallest absolute Gasteiger partial charge is 0.335 e. The van der Waals surface area contributed by atoms with Crippen molar-refractivity contribution in [1.29, 1.82) is 0 Å². The van der Waals surface area contributed by atoms with Gasteiger partial charge in [-0.15, -0.1) is 0 Å². The Labute approximate surface area is 174 Å². The summed E-state index contributed by atoms with van der Waals surface area (Å²) in [4.78, 5) is 12.0. The molecule has 4 nitrogen and oxygen atoms in total. The molecule has 0 fully saturated rings. The summed E-state index contributed by atoms with van der Waals surface area (Å²) >= 11 is 0. The van der Waals surface area contributed by atoms with Crippen molar-refractivity contribution in [2.24, 2.45) is 0 Å². The summed E-state index contributed by atoms with van der Waals surface area (Å²) in [6, 6.07) is 22.5. The van der Waals surface area contributed by atoms with E-state index in [2.05, 4.69) is 53.2 Å². The Hall–Kier alpha value is -3.92. The van der Waals surface area contributed by atoms with Gasteiger partial charge in [-0.2, -0.15) is 5.10 Å². The fourth-order valence-electron chi connectivity index (χ4n) is 4.16. The van der Waals surface area contributed by atoms with Gasteiger partial charge in [-0.3, -0.25) is 5.10 Å². The molecule has 0 radical (unpaired) electrons. The molecule has 0 saturated carbocycles. The highest BCUT2D eigenvalue weighted by Crippen LogP contribution is 2.39. The normalized spacial score (nSPS) is 12.6. The van der Waals surface area contributed by atoms with Crippen molar-refractivity contribution in [3.63, 3.8) is 0 Å². The summed E-state index contributed by atoms with van der Waals surface area (Å²) in [5.41, 5.74) is 8.06. The van der Waals surface area contributed by atoms with Crippen LogP contribution in [0, 0.1) is 0 Å². The number of hydrogen-bond donors (Lipinski definition) is 1. The van der Waals surface area contributed by atoms with Gasteiger partial charge < -0.3 is 4.74 Å². The number of aromatic amines is 1. The minimum Gasteiger partial charge on any atom is -0.423 e. The van der Waals surface area contributed by atoms with Gasteiger partial charge in [-0.05, 0) is 53.3 Å². The fraction of sp³-hybridized carbons (Fsp3) is 0.0769. The SMILES string of the molecule is C=CC(=O)Oc1ccccc1C(=C1Cc2ccccc2C1)c1ccc2[nH]ncc2c1. The molecule has 4 heteroatoms. The third kappa shape index (κ3) is 3.22. The Bertz CT molecular complexity index is 1290. The number of nitrogens with zero attached hydrogens (tertiary/aromatic N) is 1. The second-order valence-corrected chi connectivity index (χ2v) is 7.39. The molecule has 4 aromatic rings. The summed E-state index contributed by atoms with van der Waals surface area (Å²) in [7, 11) is 0. The average molecular weight is 392 g/mol. The van der Waals surface area contributed by atoms with Crippen molar-refractivity contribution in [3.8, 4) is 5.75 Å². The Kier molecular flexibility index (Phi) is 4.52. The lowest BCUT2D eigenvalue weighted by atomic mass is 9.90. The van der Waals surface area contributed by atoms with E-state index in [4.69, 9.17) is 4.74 Å². The molecule has 30 heavy (non-hydrogen) atoms. The van der Waals surface area contributed by atoms with E-state index in [1.165, 1.54) is 22.8 Å².